The number of carbonyl (C=O) groups excluding carboxylic acids is 1. The largest absolute Gasteiger partial charge is 0.324 e. The summed E-state index contributed by atoms with van der Waals surface area (Å²) in [4.78, 5) is 17.2. The van der Waals surface area contributed by atoms with Gasteiger partial charge in [-0.2, -0.15) is 0 Å². The fourth-order valence-electron chi connectivity index (χ4n) is 2.73. The third-order valence-electron chi connectivity index (χ3n) is 4.17. The van der Waals surface area contributed by atoms with Crippen LogP contribution < -0.4 is 5.32 Å². The summed E-state index contributed by atoms with van der Waals surface area (Å²) in [6, 6.07) is 16.0. The predicted molar refractivity (Wildman–Crippen MR) is 112 cm³/mol. The zero-order valence-corrected chi connectivity index (χ0v) is 16.2. The number of fused-ring (bicyclic) bond motifs is 1. The highest BCUT2D eigenvalue weighted by Crippen LogP contribution is 2.26. The number of anilines is 1. The first-order valence-electron chi connectivity index (χ1n) is 8.10. The summed E-state index contributed by atoms with van der Waals surface area (Å²) < 4.78 is 1.11. The van der Waals surface area contributed by atoms with E-state index in [9.17, 15) is 4.79 Å². The van der Waals surface area contributed by atoms with Crippen LogP contribution in [-0.2, 0) is 11.2 Å². The topological polar surface area (TPSA) is 42.0 Å². The quantitative estimate of drug-likeness (QED) is 0.440. The molecule has 1 aromatic heterocycles. The van der Waals surface area contributed by atoms with E-state index in [4.69, 9.17) is 0 Å². The highest BCUT2D eigenvalue weighted by atomic mass is 127. The molecule has 1 amide bonds. The molecule has 0 fully saturated rings. The van der Waals surface area contributed by atoms with Crippen molar-refractivity contribution in [1.29, 1.82) is 0 Å². The number of amides is 1. The number of rotatable bonds is 5. The number of aromatic nitrogens is 1. The Kier molecular flexibility index (Phi) is 5.48. The summed E-state index contributed by atoms with van der Waals surface area (Å²) in [5.41, 5.74) is 3.87. The molecule has 1 N–H and O–H groups in total. The van der Waals surface area contributed by atoms with Crippen molar-refractivity contribution < 1.29 is 4.79 Å². The maximum atomic E-state index is 12.7. The zero-order valence-electron chi connectivity index (χ0n) is 14.0. The molecule has 1 unspecified atom stereocenters. The number of pyridine rings is 1. The van der Waals surface area contributed by atoms with Crippen molar-refractivity contribution >= 4 is 45.1 Å². The lowest BCUT2D eigenvalue weighted by molar-refractivity contribution is -0.118. The fraction of sp³-hybridized carbons (Fsp3) is 0.143. The van der Waals surface area contributed by atoms with Crippen molar-refractivity contribution in [3.05, 3.63) is 82.1 Å². The summed E-state index contributed by atoms with van der Waals surface area (Å²) >= 11 is 2.28. The third kappa shape index (κ3) is 4.07. The van der Waals surface area contributed by atoms with E-state index in [-0.39, 0.29) is 11.8 Å². The Bertz CT molecular complexity index is 919. The van der Waals surface area contributed by atoms with E-state index < -0.39 is 0 Å². The van der Waals surface area contributed by atoms with Crippen LogP contribution in [0.1, 0.15) is 11.1 Å². The van der Waals surface area contributed by atoms with Gasteiger partial charge in [-0.25, -0.2) is 0 Å². The summed E-state index contributed by atoms with van der Waals surface area (Å²) in [6.07, 6.45) is 4.08. The normalized spacial score (nSPS) is 11.9. The van der Waals surface area contributed by atoms with Gasteiger partial charge in [-0.1, -0.05) is 42.0 Å². The molecule has 0 aliphatic rings. The fourth-order valence-corrected chi connectivity index (χ4v) is 3.34. The van der Waals surface area contributed by atoms with Crippen molar-refractivity contribution in [1.82, 2.24) is 4.98 Å². The number of nitrogens with zero attached hydrogens (tertiary/aromatic N) is 1. The second-order valence-corrected chi connectivity index (χ2v) is 7.18. The number of hydrogen-bond donors (Lipinski definition) is 1. The number of halogens is 1. The average Bonchev–Trinajstić information content (AvgIpc) is 2.63. The molecule has 1 heterocycles. The molecule has 0 aliphatic heterocycles. The van der Waals surface area contributed by atoms with E-state index in [1.807, 2.05) is 24.3 Å². The first-order chi connectivity index (χ1) is 12.1. The van der Waals surface area contributed by atoms with E-state index in [0.717, 1.165) is 25.7 Å². The molecule has 0 radical (unpaired) electrons. The number of nitrogens with one attached hydrogen (secondary N) is 1. The maximum absolute atomic E-state index is 12.7. The van der Waals surface area contributed by atoms with Crippen molar-refractivity contribution in [2.45, 2.75) is 13.3 Å². The lowest BCUT2D eigenvalue weighted by Gasteiger charge is -2.15. The van der Waals surface area contributed by atoms with Crippen LogP contribution in [0.15, 0.2) is 67.4 Å². The molecule has 0 spiro atoms. The monoisotopic (exact) mass is 442 g/mol. The second kappa shape index (κ2) is 7.78. The molecule has 126 valence electrons. The standard InChI is InChI=1S/C21H19IN2O/c1-3-16(13-15-8-6-14(2)7-9-15)21(25)24-19-11-10-18(22)17-5-4-12-23-20(17)19/h3-12,16H,1,13H2,2H3,(H,24,25). The van der Waals surface area contributed by atoms with Crippen LogP contribution in [0.25, 0.3) is 10.9 Å². The van der Waals surface area contributed by atoms with Crippen molar-refractivity contribution in [3.8, 4) is 0 Å². The Morgan fingerprint density at radius 3 is 2.72 bits per heavy atom. The number of carbonyl (C=O) groups is 1. The summed E-state index contributed by atoms with van der Waals surface area (Å²) in [5.74, 6) is -0.357. The van der Waals surface area contributed by atoms with Crippen LogP contribution in [0.3, 0.4) is 0 Å². The van der Waals surface area contributed by atoms with E-state index in [2.05, 4.69) is 70.7 Å². The minimum atomic E-state index is -0.291. The van der Waals surface area contributed by atoms with Gasteiger partial charge in [0.05, 0.1) is 17.1 Å². The summed E-state index contributed by atoms with van der Waals surface area (Å²) in [5, 5.41) is 4.06. The van der Waals surface area contributed by atoms with Crippen molar-refractivity contribution in [2.75, 3.05) is 5.32 Å². The van der Waals surface area contributed by atoms with Gasteiger partial charge in [-0.15, -0.1) is 6.58 Å². The third-order valence-corrected chi connectivity index (χ3v) is 5.11. The minimum Gasteiger partial charge on any atom is -0.324 e. The minimum absolute atomic E-state index is 0.0660. The first kappa shape index (κ1) is 17.6. The molecule has 0 aliphatic carbocycles. The van der Waals surface area contributed by atoms with Crippen LogP contribution in [-0.4, -0.2) is 10.9 Å². The van der Waals surface area contributed by atoms with Crippen LogP contribution in [0, 0.1) is 16.4 Å². The maximum Gasteiger partial charge on any atom is 0.231 e. The molecule has 3 nitrogen and oxygen atoms in total. The van der Waals surface area contributed by atoms with Gasteiger partial charge in [-0.05, 0) is 59.7 Å². The van der Waals surface area contributed by atoms with Gasteiger partial charge in [0, 0.05) is 15.2 Å². The van der Waals surface area contributed by atoms with Gasteiger partial charge in [-0.3, -0.25) is 9.78 Å². The summed E-state index contributed by atoms with van der Waals surface area (Å²) in [6.45, 7) is 5.89. The molecule has 0 saturated carbocycles. The highest BCUT2D eigenvalue weighted by Gasteiger charge is 2.17. The Morgan fingerprint density at radius 2 is 2.00 bits per heavy atom. The molecule has 0 bridgehead atoms. The molecular weight excluding hydrogens is 423 g/mol. The zero-order chi connectivity index (χ0) is 17.8. The van der Waals surface area contributed by atoms with Gasteiger partial charge in [0.1, 0.15) is 0 Å². The Labute approximate surface area is 161 Å². The van der Waals surface area contributed by atoms with Gasteiger partial charge >= 0.3 is 0 Å². The Morgan fingerprint density at radius 1 is 1.24 bits per heavy atom. The lowest BCUT2D eigenvalue weighted by atomic mass is 9.97. The van der Waals surface area contributed by atoms with Crippen LogP contribution >= 0.6 is 22.6 Å². The van der Waals surface area contributed by atoms with Crippen LogP contribution in [0.5, 0.6) is 0 Å². The van der Waals surface area contributed by atoms with Gasteiger partial charge < -0.3 is 5.32 Å². The lowest BCUT2D eigenvalue weighted by Crippen LogP contribution is -2.23. The smallest absolute Gasteiger partial charge is 0.231 e. The Hall–Kier alpha value is -2.21. The highest BCUT2D eigenvalue weighted by molar-refractivity contribution is 14.1. The SMILES string of the molecule is C=CC(Cc1ccc(C)cc1)C(=O)Nc1ccc(I)c2cccnc12. The van der Waals surface area contributed by atoms with E-state index in [0.29, 0.717) is 6.42 Å². The molecule has 3 aromatic rings. The number of aryl methyl sites for hydroxylation is 1. The predicted octanol–water partition coefficient (Wildman–Crippen LogP) is 5.13. The molecule has 1 atom stereocenters. The number of hydrogen-bond acceptors (Lipinski definition) is 2. The molecular formula is C21H19IN2O. The molecule has 2 aromatic carbocycles. The molecule has 25 heavy (non-hydrogen) atoms. The Balaban J connectivity index is 1.82. The van der Waals surface area contributed by atoms with Crippen molar-refractivity contribution in [3.63, 3.8) is 0 Å². The van der Waals surface area contributed by atoms with Gasteiger partial charge in [0.25, 0.3) is 0 Å². The second-order valence-electron chi connectivity index (χ2n) is 6.02. The van der Waals surface area contributed by atoms with E-state index in [1.54, 1.807) is 12.3 Å². The van der Waals surface area contributed by atoms with Crippen LogP contribution in [0.4, 0.5) is 5.69 Å². The number of benzene rings is 2. The van der Waals surface area contributed by atoms with E-state index in [1.165, 1.54) is 5.56 Å². The molecule has 3 rings (SSSR count). The average molecular weight is 442 g/mol. The molecule has 0 saturated heterocycles. The van der Waals surface area contributed by atoms with Gasteiger partial charge in [0.15, 0.2) is 0 Å². The van der Waals surface area contributed by atoms with Gasteiger partial charge in [0.2, 0.25) is 5.91 Å². The van der Waals surface area contributed by atoms with Crippen molar-refractivity contribution in [2.24, 2.45) is 5.92 Å². The first-order valence-corrected chi connectivity index (χ1v) is 9.18. The summed E-state index contributed by atoms with van der Waals surface area (Å²) in [7, 11) is 0. The van der Waals surface area contributed by atoms with Crippen LogP contribution in [0.2, 0.25) is 0 Å². The molecule has 4 heteroatoms. The van der Waals surface area contributed by atoms with E-state index >= 15 is 0 Å².